The summed E-state index contributed by atoms with van der Waals surface area (Å²) in [6, 6.07) is 6.23. The lowest BCUT2D eigenvalue weighted by Crippen LogP contribution is -2.36. The van der Waals surface area contributed by atoms with E-state index in [0.29, 0.717) is 5.70 Å². The molecule has 0 saturated heterocycles. The molecule has 0 spiro atoms. The van der Waals surface area contributed by atoms with Crippen molar-refractivity contribution in [2.75, 3.05) is 20.1 Å². The maximum atomic E-state index is 7.74. The predicted octanol–water partition coefficient (Wildman–Crippen LogP) is 4.27. The molecule has 0 aliphatic carbocycles. The second-order valence-electron chi connectivity index (χ2n) is 7.53. The van der Waals surface area contributed by atoms with Crippen molar-refractivity contribution in [3.05, 3.63) is 89.2 Å². The number of nitrogens with one attached hydrogen (secondary N) is 4. The fraction of sp³-hybridized carbons (Fsp3) is 0.296. The maximum Gasteiger partial charge on any atom is 0.0885 e. The first-order valence-electron chi connectivity index (χ1n) is 11.0. The quantitative estimate of drug-likeness (QED) is 0.255. The molecule has 1 aliphatic heterocycles. The minimum Gasteiger partial charge on any atom is -0.389 e. The van der Waals surface area contributed by atoms with Crippen molar-refractivity contribution < 1.29 is 0 Å². The Morgan fingerprint density at radius 1 is 1.31 bits per heavy atom. The number of hydrogen-bond donors (Lipinski definition) is 4. The van der Waals surface area contributed by atoms with Crippen LogP contribution in [-0.2, 0) is 0 Å². The van der Waals surface area contributed by atoms with E-state index in [2.05, 4.69) is 65.3 Å². The molecule has 5 heteroatoms. The van der Waals surface area contributed by atoms with Crippen LogP contribution < -0.4 is 16.0 Å². The molecular weight excluding hydrogens is 394 g/mol. The molecular formula is C27H35N5. The molecule has 1 unspecified atom stereocenters. The molecule has 0 saturated carbocycles. The highest BCUT2D eigenvalue weighted by Gasteiger charge is 2.20. The summed E-state index contributed by atoms with van der Waals surface area (Å²) in [7, 11) is 1.94. The fourth-order valence-corrected chi connectivity index (χ4v) is 3.24. The Kier molecular flexibility index (Phi) is 10.1. The Morgan fingerprint density at radius 3 is 2.81 bits per heavy atom. The van der Waals surface area contributed by atoms with E-state index in [4.69, 9.17) is 5.41 Å². The number of benzene rings is 1. The molecule has 168 valence electrons. The molecule has 1 atom stereocenters. The third kappa shape index (κ3) is 7.04. The van der Waals surface area contributed by atoms with Gasteiger partial charge in [-0.1, -0.05) is 36.8 Å². The van der Waals surface area contributed by atoms with Gasteiger partial charge in [0.1, 0.15) is 0 Å². The van der Waals surface area contributed by atoms with Gasteiger partial charge in [0.05, 0.1) is 17.4 Å². The van der Waals surface area contributed by atoms with E-state index < -0.39 is 0 Å². The molecule has 0 aromatic heterocycles. The van der Waals surface area contributed by atoms with Crippen molar-refractivity contribution in [3.63, 3.8) is 0 Å². The van der Waals surface area contributed by atoms with Crippen molar-refractivity contribution >= 4 is 12.3 Å². The summed E-state index contributed by atoms with van der Waals surface area (Å²) in [5.74, 6) is 6.66. The van der Waals surface area contributed by atoms with Crippen LogP contribution in [0.25, 0.3) is 6.08 Å². The number of hydrogen-bond acceptors (Lipinski definition) is 5. The lowest BCUT2D eigenvalue weighted by atomic mass is 10.0. The number of rotatable bonds is 10. The average Bonchev–Trinajstić information content (AvgIpc) is 2.81. The monoisotopic (exact) mass is 429 g/mol. The maximum absolute atomic E-state index is 7.74. The molecule has 0 bridgehead atoms. The van der Waals surface area contributed by atoms with Gasteiger partial charge in [-0.25, -0.2) is 0 Å². The lowest BCUT2D eigenvalue weighted by Gasteiger charge is -2.32. The first kappa shape index (κ1) is 24.8. The zero-order chi connectivity index (χ0) is 23.3. The molecule has 5 nitrogen and oxygen atoms in total. The fourth-order valence-electron chi connectivity index (χ4n) is 3.24. The van der Waals surface area contributed by atoms with Crippen molar-refractivity contribution in [1.29, 1.82) is 5.41 Å². The largest absolute Gasteiger partial charge is 0.389 e. The summed E-state index contributed by atoms with van der Waals surface area (Å²) in [6.45, 7) is 11.9. The van der Waals surface area contributed by atoms with E-state index in [1.54, 1.807) is 0 Å². The summed E-state index contributed by atoms with van der Waals surface area (Å²) >= 11 is 0. The Morgan fingerprint density at radius 2 is 2.12 bits per heavy atom. The average molecular weight is 430 g/mol. The van der Waals surface area contributed by atoms with Gasteiger partial charge in [0, 0.05) is 36.4 Å². The number of nitrogens with zero attached hydrogens (tertiary/aromatic N) is 1. The van der Waals surface area contributed by atoms with Crippen LogP contribution >= 0.6 is 0 Å². The van der Waals surface area contributed by atoms with Crippen LogP contribution in [0.15, 0.2) is 72.5 Å². The third-order valence-corrected chi connectivity index (χ3v) is 5.21. The van der Waals surface area contributed by atoms with E-state index in [-0.39, 0.29) is 6.04 Å². The van der Waals surface area contributed by atoms with E-state index in [9.17, 15) is 0 Å². The van der Waals surface area contributed by atoms with Crippen molar-refractivity contribution in [2.45, 2.75) is 33.2 Å². The van der Waals surface area contributed by atoms with Gasteiger partial charge in [-0.3, -0.25) is 0 Å². The van der Waals surface area contributed by atoms with E-state index in [1.807, 2.05) is 56.7 Å². The Balaban J connectivity index is 2.13. The first-order chi connectivity index (χ1) is 15.5. The van der Waals surface area contributed by atoms with Gasteiger partial charge in [0.25, 0.3) is 0 Å². The number of aryl methyl sites for hydroxylation is 1. The molecule has 1 aromatic rings. The molecule has 0 radical (unpaired) electrons. The van der Waals surface area contributed by atoms with Crippen LogP contribution in [-0.4, -0.2) is 37.3 Å². The van der Waals surface area contributed by atoms with Crippen LogP contribution in [0.3, 0.4) is 0 Å². The highest BCUT2D eigenvalue weighted by atomic mass is 15.2. The van der Waals surface area contributed by atoms with Crippen LogP contribution in [0.5, 0.6) is 0 Å². The summed E-state index contributed by atoms with van der Waals surface area (Å²) in [4.78, 5) is 2.14. The van der Waals surface area contributed by atoms with Gasteiger partial charge >= 0.3 is 0 Å². The molecule has 0 amide bonds. The highest BCUT2D eigenvalue weighted by molar-refractivity contribution is 5.75. The zero-order valence-corrected chi connectivity index (χ0v) is 19.6. The van der Waals surface area contributed by atoms with Gasteiger partial charge in [-0.15, -0.1) is 0 Å². The SMILES string of the molecule is C=Cc1ccc(C)c(C#C/C(=C/C)N2C=CC=C(N/C(C=N)=C/NCCCNC)C2C)c1. The summed E-state index contributed by atoms with van der Waals surface area (Å²) in [5.41, 5.74) is 5.86. The Bertz CT molecular complexity index is 985. The highest BCUT2D eigenvalue weighted by Crippen LogP contribution is 2.20. The molecule has 1 aliphatic rings. The van der Waals surface area contributed by atoms with Crippen LogP contribution in [0.2, 0.25) is 0 Å². The normalized spacial score (nSPS) is 16.1. The van der Waals surface area contributed by atoms with Crippen LogP contribution in [0.1, 0.15) is 37.0 Å². The zero-order valence-electron chi connectivity index (χ0n) is 19.6. The molecule has 0 fully saturated rings. The smallest absolute Gasteiger partial charge is 0.0885 e. The molecule has 1 aromatic carbocycles. The summed E-state index contributed by atoms with van der Waals surface area (Å²) < 4.78 is 0. The topological polar surface area (TPSA) is 63.2 Å². The minimum atomic E-state index is 0.0498. The third-order valence-electron chi connectivity index (χ3n) is 5.21. The van der Waals surface area contributed by atoms with Crippen molar-refractivity contribution in [1.82, 2.24) is 20.9 Å². The second kappa shape index (κ2) is 13.0. The molecule has 32 heavy (non-hydrogen) atoms. The van der Waals surface area contributed by atoms with E-state index >= 15 is 0 Å². The van der Waals surface area contributed by atoms with Gasteiger partial charge in [0.2, 0.25) is 0 Å². The Labute approximate surface area is 193 Å². The Hall–Kier alpha value is -3.49. The van der Waals surface area contributed by atoms with E-state index in [0.717, 1.165) is 47.6 Å². The standard InChI is InChI=1S/C27H35N5/c1-6-23-12-11-21(3)24(18-23)13-14-26(7-2)32-17-8-10-27(22(32)4)31-25(19-28)20-30-16-9-15-29-5/h6-8,10-12,17-20,22,28-31H,1,9,15-16H2,2-5H3/b25-20+,26-7-,28-19?. The van der Waals surface area contributed by atoms with Gasteiger partial charge in [0.15, 0.2) is 0 Å². The second-order valence-corrected chi connectivity index (χ2v) is 7.53. The predicted molar refractivity (Wildman–Crippen MR) is 137 cm³/mol. The minimum absolute atomic E-state index is 0.0498. The van der Waals surface area contributed by atoms with Crippen molar-refractivity contribution in [2.24, 2.45) is 0 Å². The number of allylic oxidation sites excluding steroid dienone is 5. The van der Waals surface area contributed by atoms with Gasteiger partial charge < -0.3 is 26.3 Å². The summed E-state index contributed by atoms with van der Waals surface area (Å²) in [6.07, 6.45) is 14.1. The van der Waals surface area contributed by atoms with E-state index in [1.165, 1.54) is 6.21 Å². The molecule has 2 rings (SSSR count). The summed E-state index contributed by atoms with van der Waals surface area (Å²) in [5, 5.41) is 17.5. The van der Waals surface area contributed by atoms with Gasteiger partial charge in [-0.2, -0.15) is 0 Å². The first-order valence-corrected chi connectivity index (χ1v) is 11.0. The lowest BCUT2D eigenvalue weighted by molar-refractivity contribution is 0.398. The van der Waals surface area contributed by atoms with Crippen LogP contribution in [0.4, 0.5) is 0 Å². The molecule has 1 heterocycles. The van der Waals surface area contributed by atoms with Gasteiger partial charge in [-0.05, 0) is 76.1 Å². The molecule has 4 N–H and O–H groups in total. The van der Waals surface area contributed by atoms with Crippen LogP contribution in [0, 0.1) is 24.2 Å². The van der Waals surface area contributed by atoms with Crippen molar-refractivity contribution in [3.8, 4) is 11.8 Å².